The molecule has 5 aromatic rings. The molecule has 0 N–H and O–H groups in total. The molecule has 0 saturated carbocycles. The summed E-state index contributed by atoms with van der Waals surface area (Å²) >= 11 is 1.57. The first kappa shape index (κ1) is 21.9. The topological polar surface area (TPSA) is 56.9 Å². The van der Waals surface area contributed by atoms with Crippen LogP contribution in [0.1, 0.15) is 12.5 Å². The Morgan fingerprint density at radius 2 is 1.79 bits per heavy atom. The molecule has 0 unspecified atom stereocenters. The molecule has 0 spiro atoms. The van der Waals surface area contributed by atoms with Crippen LogP contribution in [0.15, 0.2) is 87.6 Å². The third-order valence-electron chi connectivity index (χ3n) is 5.42. The molecule has 0 aliphatic heterocycles. The van der Waals surface area contributed by atoms with Crippen LogP contribution in [-0.2, 0) is 0 Å². The summed E-state index contributed by atoms with van der Waals surface area (Å²) in [6.07, 6.45) is 0. The van der Waals surface area contributed by atoms with Gasteiger partial charge in [-0.05, 0) is 50.2 Å². The number of ether oxygens (including phenoxy) is 2. The molecule has 0 atom stereocenters. The van der Waals surface area contributed by atoms with Gasteiger partial charge in [0.25, 0.3) is 0 Å². The average molecular weight is 469 g/mol. The van der Waals surface area contributed by atoms with Crippen molar-refractivity contribution < 1.29 is 13.9 Å². The molecular weight excluding hydrogens is 444 g/mol. The van der Waals surface area contributed by atoms with Crippen molar-refractivity contribution in [3.05, 3.63) is 89.3 Å². The van der Waals surface area contributed by atoms with Crippen molar-refractivity contribution in [1.29, 1.82) is 0 Å². The standard InChI is InChI=1S/C28H24N2O3S/c1-4-32-25-7-5-6-20-16-23(28-30-24(17-34-28)19-10-8-18(2)9-11-19)27(33-26(20)25)29-21-12-14-22(31-3)15-13-21/h5-17H,4H2,1-3H3. The predicted octanol–water partition coefficient (Wildman–Crippen LogP) is 7.17. The fourth-order valence-corrected chi connectivity index (χ4v) is 4.49. The fourth-order valence-electron chi connectivity index (χ4n) is 3.66. The molecule has 0 aliphatic carbocycles. The van der Waals surface area contributed by atoms with E-state index in [1.54, 1.807) is 18.4 Å². The van der Waals surface area contributed by atoms with E-state index in [-0.39, 0.29) is 0 Å². The van der Waals surface area contributed by atoms with Crippen LogP contribution in [0.25, 0.3) is 32.8 Å². The van der Waals surface area contributed by atoms with Crippen molar-refractivity contribution in [3.8, 4) is 33.3 Å². The smallest absolute Gasteiger partial charge is 0.230 e. The van der Waals surface area contributed by atoms with E-state index in [1.807, 2.05) is 49.4 Å². The summed E-state index contributed by atoms with van der Waals surface area (Å²) in [5.41, 5.74) is 5.97. The van der Waals surface area contributed by atoms with E-state index >= 15 is 0 Å². The SMILES string of the molecule is CCOc1cccc2cc(-c3nc(-c4ccc(C)cc4)cs3)c(=Nc3ccc(OC)cc3)oc12. The molecule has 2 aromatic heterocycles. The molecule has 0 fully saturated rings. The van der Waals surface area contributed by atoms with E-state index in [4.69, 9.17) is 23.9 Å². The number of rotatable bonds is 6. The summed E-state index contributed by atoms with van der Waals surface area (Å²) < 4.78 is 17.4. The van der Waals surface area contributed by atoms with Gasteiger partial charge in [0.15, 0.2) is 11.3 Å². The van der Waals surface area contributed by atoms with Crippen LogP contribution < -0.4 is 15.0 Å². The van der Waals surface area contributed by atoms with Crippen molar-refractivity contribution in [1.82, 2.24) is 4.98 Å². The highest BCUT2D eigenvalue weighted by atomic mass is 32.1. The van der Waals surface area contributed by atoms with Crippen LogP contribution in [0.3, 0.4) is 0 Å². The molecule has 0 amide bonds. The molecule has 0 aliphatic rings. The van der Waals surface area contributed by atoms with Gasteiger partial charge in [0.05, 0.1) is 30.7 Å². The van der Waals surface area contributed by atoms with Crippen LogP contribution >= 0.6 is 11.3 Å². The molecule has 34 heavy (non-hydrogen) atoms. The van der Waals surface area contributed by atoms with Gasteiger partial charge >= 0.3 is 0 Å². The van der Waals surface area contributed by atoms with E-state index in [9.17, 15) is 0 Å². The van der Waals surface area contributed by atoms with Crippen LogP contribution in [0.4, 0.5) is 5.69 Å². The Bertz CT molecular complexity index is 1500. The second kappa shape index (κ2) is 9.53. The Hall–Kier alpha value is -3.90. The van der Waals surface area contributed by atoms with Crippen molar-refractivity contribution in [3.63, 3.8) is 0 Å². The number of nitrogens with zero attached hydrogens (tertiary/aromatic N) is 2. The van der Waals surface area contributed by atoms with Gasteiger partial charge in [0.1, 0.15) is 10.8 Å². The number of para-hydroxylation sites is 1. The molecule has 3 aromatic carbocycles. The van der Waals surface area contributed by atoms with Crippen molar-refractivity contribution in [2.75, 3.05) is 13.7 Å². The van der Waals surface area contributed by atoms with Crippen LogP contribution in [0.5, 0.6) is 11.5 Å². The maximum atomic E-state index is 6.37. The number of benzene rings is 3. The van der Waals surface area contributed by atoms with Gasteiger partial charge in [-0.1, -0.05) is 42.0 Å². The zero-order valence-corrected chi connectivity index (χ0v) is 20.1. The van der Waals surface area contributed by atoms with E-state index < -0.39 is 0 Å². The molecule has 6 heteroatoms. The van der Waals surface area contributed by atoms with Crippen molar-refractivity contribution in [2.45, 2.75) is 13.8 Å². The van der Waals surface area contributed by atoms with E-state index in [0.29, 0.717) is 23.5 Å². The Kier molecular flexibility index (Phi) is 6.14. The molecule has 170 valence electrons. The summed E-state index contributed by atoms with van der Waals surface area (Å²) in [5.74, 6) is 1.47. The minimum atomic E-state index is 0.481. The monoisotopic (exact) mass is 468 g/mol. The number of thiazole rings is 1. The van der Waals surface area contributed by atoms with E-state index in [2.05, 4.69) is 42.6 Å². The van der Waals surface area contributed by atoms with E-state index in [0.717, 1.165) is 38.7 Å². The van der Waals surface area contributed by atoms with Gasteiger partial charge in [0.2, 0.25) is 5.55 Å². The summed E-state index contributed by atoms with van der Waals surface area (Å²) in [6, 6.07) is 23.9. The van der Waals surface area contributed by atoms with Gasteiger partial charge in [0, 0.05) is 16.3 Å². The first-order valence-electron chi connectivity index (χ1n) is 11.1. The second-order valence-corrected chi connectivity index (χ2v) is 8.64. The minimum Gasteiger partial charge on any atom is -0.497 e. The highest BCUT2D eigenvalue weighted by Crippen LogP contribution is 2.32. The zero-order chi connectivity index (χ0) is 23.5. The summed E-state index contributed by atoms with van der Waals surface area (Å²) in [6.45, 7) is 4.59. The van der Waals surface area contributed by atoms with Crippen LogP contribution in [0.2, 0.25) is 0 Å². The van der Waals surface area contributed by atoms with Crippen molar-refractivity contribution in [2.24, 2.45) is 4.99 Å². The lowest BCUT2D eigenvalue weighted by Crippen LogP contribution is -2.06. The quantitative estimate of drug-likeness (QED) is 0.265. The largest absolute Gasteiger partial charge is 0.497 e. The first-order chi connectivity index (χ1) is 16.6. The lowest BCUT2D eigenvalue weighted by Gasteiger charge is -2.08. The minimum absolute atomic E-state index is 0.481. The third-order valence-corrected chi connectivity index (χ3v) is 6.30. The molecule has 2 heterocycles. The number of fused-ring (bicyclic) bond motifs is 1. The molecule has 5 rings (SSSR count). The Morgan fingerprint density at radius 1 is 1.00 bits per heavy atom. The molecular formula is C28H24N2O3S. The van der Waals surface area contributed by atoms with Crippen molar-refractivity contribution >= 4 is 28.0 Å². The van der Waals surface area contributed by atoms with Crippen LogP contribution in [-0.4, -0.2) is 18.7 Å². The predicted molar refractivity (Wildman–Crippen MR) is 137 cm³/mol. The lowest BCUT2D eigenvalue weighted by molar-refractivity contribution is 0.337. The van der Waals surface area contributed by atoms with Gasteiger partial charge in [-0.3, -0.25) is 0 Å². The normalized spacial score (nSPS) is 11.7. The Morgan fingerprint density at radius 3 is 2.53 bits per heavy atom. The first-order valence-corrected chi connectivity index (χ1v) is 11.9. The zero-order valence-electron chi connectivity index (χ0n) is 19.2. The van der Waals surface area contributed by atoms with Gasteiger partial charge in [-0.15, -0.1) is 11.3 Å². The summed E-state index contributed by atoms with van der Waals surface area (Å²) in [7, 11) is 1.65. The number of hydrogen-bond donors (Lipinski definition) is 0. The Labute approximate surface area is 202 Å². The molecule has 0 bridgehead atoms. The molecule has 0 radical (unpaired) electrons. The van der Waals surface area contributed by atoms with Gasteiger partial charge in [-0.2, -0.15) is 0 Å². The number of methoxy groups -OCH3 is 1. The second-order valence-electron chi connectivity index (χ2n) is 7.79. The summed E-state index contributed by atoms with van der Waals surface area (Å²) in [4.78, 5) is 9.75. The third kappa shape index (κ3) is 4.45. The fraction of sp³-hybridized carbons (Fsp3) is 0.143. The number of aryl methyl sites for hydroxylation is 1. The van der Waals surface area contributed by atoms with Crippen LogP contribution in [0, 0.1) is 6.92 Å². The molecule has 5 nitrogen and oxygen atoms in total. The average Bonchev–Trinajstić information content (AvgIpc) is 3.35. The highest BCUT2D eigenvalue weighted by Gasteiger charge is 2.14. The molecule has 0 saturated heterocycles. The van der Waals surface area contributed by atoms with Gasteiger partial charge < -0.3 is 13.9 Å². The maximum absolute atomic E-state index is 6.37. The van der Waals surface area contributed by atoms with E-state index in [1.165, 1.54) is 5.56 Å². The number of aromatic nitrogens is 1. The summed E-state index contributed by atoms with van der Waals surface area (Å²) in [5, 5.41) is 3.84. The maximum Gasteiger partial charge on any atom is 0.230 e. The van der Waals surface area contributed by atoms with Gasteiger partial charge in [-0.25, -0.2) is 9.98 Å². The Balaban J connectivity index is 1.69. The number of hydrogen-bond acceptors (Lipinski definition) is 6. The highest BCUT2D eigenvalue weighted by molar-refractivity contribution is 7.13. The lowest BCUT2D eigenvalue weighted by atomic mass is 10.1.